The predicted octanol–water partition coefficient (Wildman–Crippen LogP) is 4.84. The molecule has 0 saturated heterocycles. The van der Waals surface area contributed by atoms with E-state index in [0.717, 1.165) is 16.9 Å². The maximum absolute atomic E-state index is 12.2. The van der Waals surface area contributed by atoms with Crippen LogP contribution in [-0.2, 0) is 16.6 Å². The van der Waals surface area contributed by atoms with E-state index in [1.165, 1.54) is 17.8 Å². The van der Waals surface area contributed by atoms with Gasteiger partial charge in [0.25, 0.3) is 10.0 Å². The molecular weight excluding hydrogens is 394 g/mol. The molecule has 0 amide bonds. The van der Waals surface area contributed by atoms with Gasteiger partial charge in [-0.15, -0.1) is 11.3 Å². The number of nitrogens with zero attached hydrogens (tertiary/aromatic N) is 1. The van der Waals surface area contributed by atoms with Gasteiger partial charge in [0.15, 0.2) is 11.5 Å². The Morgan fingerprint density at radius 3 is 2.50 bits per heavy atom. The van der Waals surface area contributed by atoms with Crippen LogP contribution >= 0.6 is 11.3 Å². The van der Waals surface area contributed by atoms with Crippen LogP contribution in [0, 0.1) is 6.92 Å². The monoisotopic (exact) mass is 415 g/mol. The first kappa shape index (κ1) is 20.1. The van der Waals surface area contributed by atoms with E-state index in [1.807, 2.05) is 38.1 Å². The van der Waals surface area contributed by atoms with E-state index in [9.17, 15) is 8.42 Å². The third-order valence-corrected chi connectivity index (χ3v) is 6.48. The molecule has 1 aromatic heterocycles. The van der Waals surface area contributed by atoms with E-state index in [2.05, 4.69) is 4.40 Å². The van der Waals surface area contributed by atoms with Crippen LogP contribution < -0.4 is 9.47 Å². The molecule has 0 bridgehead atoms. The number of ether oxygens (including phenoxy) is 2. The van der Waals surface area contributed by atoms with E-state index in [-0.39, 0.29) is 4.21 Å². The van der Waals surface area contributed by atoms with E-state index < -0.39 is 10.0 Å². The zero-order valence-corrected chi connectivity index (χ0v) is 17.3. The smallest absolute Gasteiger partial charge is 0.291 e. The summed E-state index contributed by atoms with van der Waals surface area (Å²) in [6, 6.07) is 16.6. The molecular formula is C21H21NO4S2. The molecule has 5 nitrogen and oxygen atoms in total. The Bertz CT molecular complexity index is 1040. The highest BCUT2D eigenvalue weighted by atomic mass is 32.2. The summed E-state index contributed by atoms with van der Waals surface area (Å²) in [5, 5.41) is 1.70. The van der Waals surface area contributed by atoms with Gasteiger partial charge in [-0.2, -0.15) is 12.8 Å². The van der Waals surface area contributed by atoms with E-state index in [4.69, 9.17) is 9.47 Å². The lowest BCUT2D eigenvalue weighted by molar-refractivity contribution is 0.269. The normalized spacial score (nSPS) is 11.6. The van der Waals surface area contributed by atoms with Gasteiger partial charge < -0.3 is 9.47 Å². The van der Waals surface area contributed by atoms with Crippen LogP contribution in [0.5, 0.6) is 11.5 Å². The molecule has 0 fully saturated rings. The van der Waals surface area contributed by atoms with Crippen LogP contribution in [0.3, 0.4) is 0 Å². The van der Waals surface area contributed by atoms with Crippen molar-refractivity contribution in [1.82, 2.24) is 0 Å². The van der Waals surface area contributed by atoms with Crippen LogP contribution in [0.15, 0.2) is 68.6 Å². The van der Waals surface area contributed by atoms with Gasteiger partial charge in [-0.3, -0.25) is 0 Å². The molecule has 28 heavy (non-hydrogen) atoms. The Hall–Kier alpha value is -2.64. The van der Waals surface area contributed by atoms with Crippen LogP contribution in [0.2, 0.25) is 0 Å². The molecule has 0 radical (unpaired) electrons. The first-order valence-corrected chi connectivity index (χ1v) is 11.1. The number of hydrogen-bond acceptors (Lipinski definition) is 5. The first-order chi connectivity index (χ1) is 13.5. The third kappa shape index (κ3) is 5.21. The minimum atomic E-state index is -3.68. The number of aryl methyl sites for hydroxylation is 1. The minimum absolute atomic E-state index is 0.215. The molecule has 0 saturated carbocycles. The SMILES string of the molecule is CCOc1cc(/C=N\S(=O)(=O)c2cccs2)ccc1OCc1ccc(C)cc1. The molecule has 146 valence electrons. The number of thiophene rings is 1. The van der Waals surface area contributed by atoms with Gasteiger partial charge in [-0.1, -0.05) is 35.9 Å². The third-order valence-electron chi connectivity index (χ3n) is 3.87. The fourth-order valence-corrected chi connectivity index (χ4v) is 4.28. The molecule has 0 aliphatic carbocycles. The van der Waals surface area contributed by atoms with Crippen molar-refractivity contribution in [3.8, 4) is 11.5 Å². The molecule has 1 heterocycles. The second-order valence-electron chi connectivity index (χ2n) is 6.06. The highest BCUT2D eigenvalue weighted by molar-refractivity contribution is 7.92. The standard InChI is InChI=1S/C21H21NO4S2/c1-3-25-20-13-18(14-22-28(23,24)21-5-4-12-27-21)10-11-19(20)26-15-17-8-6-16(2)7-9-17/h4-14H,3,15H2,1-2H3/b22-14-. The predicted molar refractivity (Wildman–Crippen MR) is 112 cm³/mol. The van der Waals surface area contributed by atoms with Gasteiger partial charge in [-0.05, 0) is 54.6 Å². The Balaban J connectivity index is 1.76. The van der Waals surface area contributed by atoms with E-state index in [1.54, 1.807) is 29.6 Å². The fourth-order valence-electron chi connectivity index (χ4n) is 2.43. The van der Waals surface area contributed by atoms with E-state index >= 15 is 0 Å². The summed E-state index contributed by atoms with van der Waals surface area (Å²) in [6.07, 6.45) is 1.32. The second-order valence-corrected chi connectivity index (χ2v) is 8.86. The van der Waals surface area contributed by atoms with Crippen LogP contribution in [0.4, 0.5) is 0 Å². The molecule has 0 aliphatic heterocycles. The van der Waals surface area contributed by atoms with Gasteiger partial charge >= 0.3 is 0 Å². The largest absolute Gasteiger partial charge is 0.490 e. The lowest BCUT2D eigenvalue weighted by Gasteiger charge is -2.12. The molecule has 3 aromatic rings. The number of hydrogen-bond donors (Lipinski definition) is 0. The van der Waals surface area contributed by atoms with Gasteiger partial charge in [0.05, 0.1) is 6.61 Å². The highest BCUT2D eigenvalue weighted by Crippen LogP contribution is 2.29. The second kappa shape index (κ2) is 9.03. The highest BCUT2D eigenvalue weighted by Gasteiger charge is 2.13. The zero-order valence-electron chi connectivity index (χ0n) is 15.7. The topological polar surface area (TPSA) is 65.0 Å². The molecule has 3 rings (SSSR count). The average molecular weight is 416 g/mol. The average Bonchev–Trinajstić information content (AvgIpc) is 3.23. The Labute approximate surface area is 169 Å². The fraction of sp³-hybridized carbons (Fsp3) is 0.190. The van der Waals surface area contributed by atoms with Crippen LogP contribution in [0.1, 0.15) is 23.6 Å². The lowest BCUT2D eigenvalue weighted by Crippen LogP contribution is -2.01. The number of benzene rings is 2. The Morgan fingerprint density at radius 1 is 1.04 bits per heavy atom. The molecule has 0 N–H and O–H groups in total. The van der Waals surface area contributed by atoms with Crippen molar-refractivity contribution in [2.45, 2.75) is 24.7 Å². The first-order valence-electron chi connectivity index (χ1n) is 8.77. The molecule has 2 aromatic carbocycles. The van der Waals surface area contributed by atoms with Gasteiger partial charge in [0.2, 0.25) is 0 Å². The van der Waals surface area contributed by atoms with Crippen molar-refractivity contribution in [2.75, 3.05) is 6.61 Å². The lowest BCUT2D eigenvalue weighted by atomic mass is 10.2. The Morgan fingerprint density at radius 2 is 1.82 bits per heavy atom. The van der Waals surface area contributed by atoms with Crippen molar-refractivity contribution >= 4 is 27.6 Å². The minimum Gasteiger partial charge on any atom is -0.490 e. The van der Waals surface area contributed by atoms with Crippen molar-refractivity contribution < 1.29 is 17.9 Å². The molecule has 0 aliphatic rings. The maximum atomic E-state index is 12.2. The quantitative estimate of drug-likeness (QED) is 0.494. The zero-order chi connectivity index (χ0) is 20.0. The number of sulfonamides is 1. The van der Waals surface area contributed by atoms with Gasteiger partial charge in [-0.25, -0.2) is 0 Å². The summed E-state index contributed by atoms with van der Waals surface area (Å²) < 4.78 is 39.9. The van der Waals surface area contributed by atoms with Crippen LogP contribution in [0.25, 0.3) is 0 Å². The molecule has 0 unspecified atom stereocenters. The summed E-state index contributed by atoms with van der Waals surface area (Å²) >= 11 is 1.14. The summed E-state index contributed by atoms with van der Waals surface area (Å²) in [7, 11) is -3.68. The van der Waals surface area contributed by atoms with Crippen molar-refractivity contribution in [3.05, 3.63) is 76.7 Å². The Kier molecular flexibility index (Phi) is 6.49. The molecule has 0 spiro atoms. The molecule has 7 heteroatoms. The maximum Gasteiger partial charge on any atom is 0.291 e. The van der Waals surface area contributed by atoms with Crippen molar-refractivity contribution in [3.63, 3.8) is 0 Å². The van der Waals surface area contributed by atoms with Gasteiger partial charge in [0, 0.05) is 6.21 Å². The van der Waals surface area contributed by atoms with Crippen molar-refractivity contribution in [2.24, 2.45) is 4.40 Å². The summed E-state index contributed by atoms with van der Waals surface area (Å²) in [6.45, 7) is 4.80. The van der Waals surface area contributed by atoms with Crippen molar-refractivity contribution in [1.29, 1.82) is 0 Å². The summed E-state index contributed by atoms with van der Waals surface area (Å²) in [5.41, 5.74) is 2.87. The van der Waals surface area contributed by atoms with Crippen LogP contribution in [-0.4, -0.2) is 21.2 Å². The molecule has 0 atom stereocenters. The summed E-state index contributed by atoms with van der Waals surface area (Å²) in [4.78, 5) is 0. The number of rotatable bonds is 8. The van der Waals surface area contributed by atoms with Gasteiger partial charge in [0.1, 0.15) is 10.8 Å². The van der Waals surface area contributed by atoms with E-state index in [0.29, 0.717) is 30.3 Å². The summed E-state index contributed by atoms with van der Waals surface area (Å²) in [5.74, 6) is 1.15.